The van der Waals surface area contributed by atoms with E-state index < -0.39 is 23.6 Å². The van der Waals surface area contributed by atoms with Gasteiger partial charge in [-0.3, -0.25) is 9.59 Å². The SMILES string of the molecule is Cc1ccc(NC(=O)CNC(=O)c2cc3ccc(C(F)(F)F)cc3[nH]2)c(Cl)c1. The minimum atomic E-state index is -4.48. The highest BCUT2D eigenvalue weighted by molar-refractivity contribution is 6.33. The summed E-state index contributed by atoms with van der Waals surface area (Å²) >= 11 is 6.03. The maximum Gasteiger partial charge on any atom is 0.416 e. The maximum atomic E-state index is 12.8. The van der Waals surface area contributed by atoms with Crippen molar-refractivity contribution in [2.45, 2.75) is 13.1 Å². The maximum absolute atomic E-state index is 12.8. The molecule has 5 nitrogen and oxygen atoms in total. The van der Waals surface area contributed by atoms with Crippen LogP contribution in [0.5, 0.6) is 0 Å². The van der Waals surface area contributed by atoms with E-state index in [4.69, 9.17) is 11.6 Å². The van der Waals surface area contributed by atoms with E-state index in [-0.39, 0.29) is 17.8 Å². The van der Waals surface area contributed by atoms with Gasteiger partial charge >= 0.3 is 6.18 Å². The zero-order chi connectivity index (χ0) is 20.5. The summed E-state index contributed by atoms with van der Waals surface area (Å²) in [7, 11) is 0. The molecular weight excluding hydrogens is 395 g/mol. The third-order valence-corrected chi connectivity index (χ3v) is 4.32. The number of aromatic amines is 1. The fraction of sp³-hybridized carbons (Fsp3) is 0.158. The number of nitrogens with one attached hydrogen (secondary N) is 3. The average Bonchev–Trinajstić information content (AvgIpc) is 3.04. The molecule has 3 rings (SSSR count). The highest BCUT2D eigenvalue weighted by atomic mass is 35.5. The molecule has 146 valence electrons. The topological polar surface area (TPSA) is 74.0 Å². The number of hydrogen-bond donors (Lipinski definition) is 3. The molecule has 9 heteroatoms. The van der Waals surface area contributed by atoms with E-state index in [9.17, 15) is 22.8 Å². The van der Waals surface area contributed by atoms with E-state index >= 15 is 0 Å². The second-order valence-electron chi connectivity index (χ2n) is 6.20. The number of fused-ring (bicyclic) bond motifs is 1. The summed E-state index contributed by atoms with van der Waals surface area (Å²) in [5, 5.41) is 5.81. The monoisotopic (exact) mass is 409 g/mol. The predicted molar refractivity (Wildman–Crippen MR) is 100 cm³/mol. The molecule has 0 unspecified atom stereocenters. The Morgan fingerprint density at radius 1 is 1.11 bits per heavy atom. The second-order valence-corrected chi connectivity index (χ2v) is 6.60. The zero-order valence-electron chi connectivity index (χ0n) is 14.6. The third kappa shape index (κ3) is 4.45. The largest absolute Gasteiger partial charge is 0.416 e. The van der Waals surface area contributed by atoms with Gasteiger partial charge < -0.3 is 15.6 Å². The van der Waals surface area contributed by atoms with Gasteiger partial charge in [-0.1, -0.05) is 23.7 Å². The predicted octanol–water partition coefficient (Wildman–Crippen LogP) is 4.52. The number of H-pyrrole nitrogens is 1. The Balaban J connectivity index is 1.65. The van der Waals surface area contributed by atoms with Crippen molar-refractivity contribution in [1.82, 2.24) is 10.3 Å². The van der Waals surface area contributed by atoms with Crippen molar-refractivity contribution in [1.29, 1.82) is 0 Å². The quantitative estimate of drug-likeness (QED) is 0.593. The Morgan fingerprint density at radius 2 is 1.86 bits per heavy atom. The molecule has 0 spiro atoms. The fourth-order valence-corrected chi connectivity index (χ4v) is 2.88. The number of alkyl halides is 3. The van der Waals surface area contributed by atoms with Crippen molar-refractivity contribution in [3.63, 3.8) is 0 Å². The van der Waals surface area contributed by atoms with Crippen LogP contribution >= 0.6 is 11.6 Å². The van der Waals surface area contributed by atoms with Crippen LogP contribution in [0.15, 0.2) is 42.5 Å². The molecule has 0 aliphatic carbocycles. The lowest BCUT2D eigenvalue weighted by Gasteiger charge is -2.08. The number of aryl methyl sites for hydroxylation is 1. The van der Waals surface area contributed by atoms with E-state index in [0.717, 1.165) is 17.7 Å². The number of halogens is 4. The van der Waals surface area contributed by atoms with Gasteiger partial charge in [0.15, 0.2) is 0 Å². The normalized spacial score (nSPS) is 11.5. The first kappa shape index (κ1) is 19.8. The summed E-state index contributed by atoms with van der Waals surface area (Å²) in [6.07, 6.45) is -4.48. The van der Waals surface area contributed by atoms with Gasteiger partial charge in [-0.15, -0.1) is 0 Å². The number of anilines is 1. The van der Waals surface area contributed by atoms with E-state index in [2.05, 4.69) is 15.6 Å². The molecule has 0 aliphatic rings. The van der Waals surface area contributed by atoms with Crippen molar-refractivity contribution in [3.8, 4) is 0 Å². The van der Waals surface area contributed by atoms with Crippen LogP contribution in [-0.2, 0) is 11.0 Å². The van der Waals surface area contributed by atoms with Crippen LogP contribution in [-0.4, -0.2) is 23.3 Å². The summed E-state index contributed by atoms with van der Waals surface area (Å²) in [5.41, 5.74) is 0.759. The smallest absolute Gasteiger partial charge is 0.351 e. The number of aromatic nitrogens is 1. The van der Waals surface area contributed by atoms with Crippen molar-refractivity contribution in [2.24, 2.45) is 0 Å². The van der Waals surface area contributed by atoms with Crippen molar-refractivity contribution in [3.05, 3.63) is 64.3 Å². The van der Waals surface area contributed by atoms with E-state index in [1.165, 1.54) is 12.1 Å². The number of carbonyl (C=O) groups excluding carboxylic acids is 2. The van der Waals surface area contributed by atoms with Crippen LogP contribution in [0.4, 0.5) is 18.9 Å². The summed E-state index contributed by atoms with van der Waals surface area (Å²) in [5.74, 6) is -1.11. The number of rotatable bonds is 4. The third-order valence-electron chi connectivity index (χ3n) is 4.00. The Kier molecular flexibility index (Phi) is 5.33. The van der Waals surface area contributed by atoms with Crippen LogP contribution in [0, 0.1) is 6.92 Å². The molecule has 0 saturated heterocycles. The van der Waals surface area contributed by atoms with Gasteiger partial charge in [0.1, 0.15) is 5.69 Å². The van der Waals surface area contributed by atoms with Gasteiger partial charge in [-0.25, -0.2) is 0 Å². The molecule has 0 saturated carbocycles. The first-order chi connectivity index (χ1) is 13.1. The summed E-state index contributed by atoms with van der Waals surface area (Å²) in [4.78, 5) is 26.8. The molecule has 28 heavy (non-hydrogen) atoms. The van der Waals surface area contributed by atoms with E-state index in [1.54, 1.807) is 18.2 Å². The molecule has 1 heterocycles. The van der Waals surface area contributed by atoms with Crippen LogP contribution in [0.25, 0.3) is 10.9 Å². The summed E-state index contributed by atoms with van der Waals surface area (Å²) in [6, 6.07) is 9.68. The summed E-state index contributed by atoms with van der Waals surface area (Å²) in [6.45, 7) is 1.53. The first-order valence-electron chi connectivity index (χ1n) is 8.17. The second kappa shape index (κ2) is 7.55. The molecule has 1 aromatic heterocycles. The molecular formula is C19H15ClF3N3O2. The molecule has 0 radical (unpaired) electrons. The van der Waals surface area contributed by atoms with Gasteiger partial charge in [0.25, 0.3) is 5.91 Å². The number of benzene rings is 2. The lowest BCUT2D eigenvalue weighted by atomic mass is 10.1. The van der Waals surface area contributed by atoms with Gasteiger partial charge in [0.2, 0.25) is 5.91 Å². The molecule has 0 aliphatic heterocycles. The van der Waals surface area contributed by atoms with Crippen LogP contribution in [0.2, 0.25) is 5.02 Å². The Morgan fingerprint density at radius 3 is 2.54 bits per heavy atom. The van der Waals surface area contributed by atoms with Crippen LogP contribution in [0.1, 0.15) is 21.6 Å². The molecule has 0 fully saturated rings. The van der Waals surface area contributed by atoms with Gasteiger partial charge in [-0.05, 0) is 42.8 Å². The highest BCUT2D eigenvalue weighted by Crippen LogP contribution is 2.31. The van der Waals surface area contributed by atoms with Crippen molar-refractivity contribution < 1.29 is 22.8 Å². The number of carbonyl (C=O) groups is 2. The molecule has 3 aromatic rings. The van der Waals surface area contributed by atoms with E-state index in [1.807, 2.05) is 6.92 Å². The Bertz CT molecular complexity index is 1060. The standard InChI is InChI=1S/C19H15ClF3N3O2/c1-10-2-5-14(13(20)6-10)26-17(27)9-24-18(28)16-7-11-3-4-12(19(21,22)23)8-15(11)25-16/h2-8,25H,9H2,1H3,(H,24,28)(H,26,27). The molecule has 0 bridgehead atoms. The van der Waals surface area contributed by atoms with Gasteiger partial charge in [0.05, 0.1) is 22.8 Å². The minimum absolute atomic E-state index is 0.0514. The Hall–Kier alpha value is -3.00. The Labute approximate surface area is 162 Å². The lowest BCUT2D eigenvalue weighted by molar-refractivity contribution is -0.137. The molecule has 2 amide bonds. The first-order valence-corrected chi connectivity index (χ1v) is 8.55. The van der Waals surface area contributed by atoms with Gasteiger partial charge in [-0.2, -0.15) is 13.2 Å². The van der Waals surface area contributed by atoms with Crippen LogP contribution < -0.4 is 10.6 Å². The van der Waals surface area contributed by atoms with E-state index in [0.29, 0.717) is 16.1 Å². The lowest BCUT2D eigenvalue weighted by Crippen LogP contribution is -2.33. The number of hydrogen-bond acceptors (Lipinski definition) is 2. The van der Waals surface area contributed by atoms with Crippen molar-refractivity contribution in [2.75, 3.05) is 11.9 Å². The molecule has 2 aromatic carbocycles. The van der Waals surface area contributed by atoms with Gasteiger partial charge in [0, 0.05) is 10.9 Å². The fourth-order valence-electron chi connectivity index (χ4n) is 2.60. The number of amides is 2. The minimum Gasteiger partial charge on any atom is -0.351 e. The molecule has 3 N–H and O–H groups in total. The summed E-state index contributed by atoms with van der Waals surface area (Å²) < 4.78 is 38.3. The molecule has 0 atom stereocenters. The van der Waals surface area contributed by atoms with Crippen LogP contribution in [0.3, 0.4) is 0 Å². The highest BCUT2D eigenvalue weighted by Gasteiger charge is 2.30. The van der Waals surface area contributed by atoms with Crippen molar-refractivity contribution >= 4 is 40.0 Å². The average molecular weight is 410 g/mol. The zero-order valence-corrected chi connectivity index (χ0v) is 15.3.